The van der Waals surface area contributed by atoms with Crippen LogP contribution in [0.3, 0.4) is 0 Å². The average Bonchev–Trinajstić information content (AvgIpc) is 3.14. The molecule has 0 radical (unpaired) electrons. The van der Waals surface area contributed by atoms with Crippen LogP contribution in [0.15, 0.2) is 36.4 Å². The number of rotatable bonds is 3. The Hall–Kier alpha value is -2.98. The highest BCUT2D eigenvalue weighted by atomic mass is 35.5. The maximum atomic E-state index is 14.9. The van der Waals surface area contributed by atoms with Crippen LogP contribution in [-0.2, 0) is 16.5 Å². The predicted molar refractivity (Wildman–Crippen MR) is 112 cm³/mol. The van der Waals surface area contributed by atoms with Gasteiger partial charge in [-0.2, -0.15) is 23.0 Å². The number of alkyl halides is 3. The summed E-state index contributed by atoms with van der Waals surface area (Å²) in [5.74, 6) is -3.67. The highest BCUT2D eigenvalue weighted by Gasteiger charge is 2.42. The lowest BCUT2D eigenvalue weighted by Gasteiger charge is -2.36. The number of hydrogen-bond donors (Lipinski definition) is 2. The quantitative estimate of drug-likeness (QED) is 0.521. The third kappa shape index (κ3) is 3.97. The van der Waals surface area contributed by atoms with Gasteiger partial charge in [-0.3, -0.25) is 9.59 Å². The molecule has 0 spiro atoms. The van der Waals surface area contributed by atoms with Gasteiger partial charge in [0.05, 0.1) is 44.2 Å². The van der Waals surface area contributed by atoms with E-state index < -0.39 is 51.5 Å². The van der Waals surface area contributed by atoms with Crippen LogP contribution < -0.4 is 5.32 Å². The summed E-state index contributed by atoms with van der Waals surface area (Å²) in [6.07, 6.45) is -4.46. The van der Waals surface area contributed by atoms with Gasteiger partial charge in [0.2, 0.25) is 0 Å². The summed E-state index contributed by atoms with van der Waals surface area (Å²) in [5, 5.41) is 16.3. The van der Waals surface area contributed by atoms with Crippen molar-refractivity contribution in [1.82, 2.24) is 15.1 Å². The smallest absolute Gasteiger partial charge is 0.417 e. The van der Waals surface area contributed by atoms with Gasteiger partial charge in [-0.05, 0) is 50.6 Å². The minimum Gasteiger partial charge on any atom is -0.481 e. The molecule has 1 aromatic heterocycles. The maximum Gasteiger partial charge on any atom is 0.417 e. The van der Waals surface area contributed by atoms with Crippen LogP contribution in [0.2, 0.25) is 5.02 Å². The topological polar surface area (TPSA) is 84.2 Å². The van der Waals surface area contributed by atoms with Crippen molar-refractivity contribution in [3.05, 3.63) is 64.1 Å². The van der Waals surface area contributed by atoms with Crippen LogP contribution in [0.25, 0.3) is 10.9 Å². The van der Waals surface area contributed by atoms with Crippen molar-refractivity contribution < 1.29 is 32.3 Å². The van der Waals surface area contributed by atoms with Crippen LogP contribution in [0.1, 0.15) is 41.4 Å². The molecule has 1 saturated heterocycles. The summed E-state index contributed by atoms with van der Waals surface area (Å²) >= 11 is 5.99. The van der Waals surface area contributed by atoms with Crippen molar-refractivity contribution in [2.24, 2.45) is 5.92 Å². The maximum absolute atomic E-state index is 14.9. The molecule has 0 bridgehead atoms. The van der Waals surface area contributed by atoms with Gasteiger partial charge in [0.15, 0.2) is 0 Å². The Balaban J connectivity index is 1.93. The molecule has 2 heterocycles. The first-order chi connectivity index (χ1) is 15.4. The fourth-order valence-corrected chi connectivity index (χ4v) is 4.59. The van der Waals surface area contributed by atoms with E-state index in [0.29, 0.717) is 17.6 Å². The fraction of sp³-hybridized carbons (Fsp3) is 0.318. The average molecular weight is 484 g/mol. The Bertz CT molecular complexity index is 1270. The van der Waals surface area contributed by atoms with Gasteiger partial charge in [-0.15, -0.1) is 0 Å². The Morgan fingerprint density at radius 1 is 1.24 bits per heavy atom. The number of benzene rings is 2. The minimum absolute atomic E-state index is 0.0375. The van der Waals surface area contributed by atoms with Crippen LogP contribution in [0.5, 0.6) is 0 Å². The van der Waals surface area contributed by atoms with E-state index in [-0.39, 0.29) is 23.0 Å². The number of nitrogens with zero attached hydrogens (tertiary/aromatic N) is 2. The van der Waals surface area contributed by atoms with Crippen LogP contribution >= 0.6 is 11.6 Å². The third-order valence-corrected chi connectivity index (χ3v) is 6.23. The Labute approximate surface area is 190 Å². The highest BCUT2D eigenvalue weighted by molar-refractivity contribution is 6.34. The molecule has 0 amide bonds. The number of hydrogen-bond acceptors (Lipinski definition) is 4. The number of aliphatic carboxylic acids is 1. The van der Waals surface area contributed by atoms with E-state index >= 15 is 0 Å². The normalized spacial score (nSPS) is 21.3. The second kappa shape index (κ2) is 8.11. The molecule has 2 unspecified atom stereocenters. The van der Waals surface area contributed by atoms with E-state index in [2.05, 4.69) is 10.4 Å². The molecule has 2 aromatic carbocycles. The number of carbonyl (C=O) groups excluding carboxylic acids is 1. The summed E-state index contributed by atoms with van der Waals surface area (Å²) in [5.41, 5.74) is -3.20. The summed E-state index contributed by atoms with van der Waals surface area (Å²) in [7, 11) is 0. The summed E-state index contributed by atoms with van der Waals surface area (Å²) in [6.45, 7) is 1.93. The summed E-state index contributed by atoms with van der Waals surface area (Å²) < 4.78 is 56.4. The second-order valence-corrected chi connectivity index (χ2v) is 8.55. The molecule has 6 nitrogen and oxygen atoms in total. The van der Waals surface area contributed by atoms with E-state index in [1.807, 2.05) is 0 Å². The molecular weight excluding hydrogens is 466 g/mol. The largest absolute Gasteiger partial charge is 0.481 e. The summed E-state index contributed by atoms with van der Waals surface area (Å²) in [4.78, 5) is 24.9. The van der Waals surface area contributed by atoms with Gasteiger partial charge in [-0.1, -0.05) is 23.7 Å². The fourth-order valence-electron chi connectivity index (χ4n) is 4.33. The number of fused-ring (bicyclic) bond motifs is 1. The van der Waals surface area contributed by atoms with Crippen molar-refractivity contribution >= 4 is 34.4 Å². The zero-order valence-electron chi connectivity index (χ0n) is 17.2. The first-order valence-corrected chi connectivity index (χ1v) is 10.4. The first-order valence-electron chi connectivity index (χ1n) is 10.00. The molecule has 33 heavy (non-hydrogen) atoms. The minimum atomic E-state index is -4.86. The molecule has 174 valence electrons. The van der Waals surface area contributed by atoms with Crippen molar-refractivity contribution in [1.29, 1.82) is 0 Å². The highest BCUT2D eigenvalue weighted by Crippen LogP contribution is 2.39. The van der Waals surface area contributed by atoms with Gasteiger partial charge in [0.25, 0.3) is 5.91 Å². The molecule has 1 fully saturated rings. The lowest BCUT2D eigenvalue weighted by atomic mass is 9.80. The lowest BCUT2D eigenvalue weighted by Crippen LogP contribution is -2.48. The molecule has 2 atom stereocenters. The third-order valence-electron chi connectivity index (χ3n) is 5.92. The summed E-state index contributed by atoms with van der Waals surface area (Å²) in [6, 6.07) is 6.76. The number of nitrogens with one attached hydrogen (secondary N) is 1. The van der Waals surface area contributed by atoms with Crippen LogP contribution in [-0.4, -0.2) is 33.3 Å². The van der Waals surface area contributed by atoms with E-state index in [4.69, 9.17) is 11.6 Å². The number of halogens is 5. The standard InChI is InChI=1S/C22H18ClF4N3O3/c1-21(10-11(20(32)33)8-9-28-21)18-17-14(24)6-3-7-15(17)30(29-18)19(31)16-12(22(25,26)27)4-2-5-13(16)23/h2-7,11,28H,8-10H2,1H3,(H,32,33). The Morgan fingerprint density at radius 2 is 1.94 bits per heavy atom. The number of piperidine rings is 1. The molecule has 2 N–H and O–H groups in total. The molecule has 1 aliphatic heterocycles. The number of carboxylic acid groups (broad SMARTS) is 1. The number of aromatic nitrogens is 2. The Morgan fingerprint density at radius 3 is 2.61 bits per heavy atom. The lowest BCUT2D eigenvalue weighted by molar-refractivity contribution is -0.143. The molecular formula is C22H18ClF4N3O3. The number of carboxylic acids is 1. The molecule has 3 aromatic rings. The zero-order valence-corrected chi connectivity index (χ0v) is 18.0. The van der Waals surface area contributed by atoms with Gasteiger partial charge in [0, 0.05) is 0 Å². The van der Waals surface area contributed by atoms with E-state index in [0.717, 1.165) is 24.3 Å². The Kier molecular flexibility index (Phi) is 5.69. The monoisotopic (exact) mass is 483 g/mol. The van der Waals surface area contributed by atoms with Crippen molar-refractivity contribution in [3.8, 4) is 0 Å². The van der Waals surface area contributed by atoms with Gasteiger partial charge >= 0.3 is 12.1 Å². The van der Waals surface area contributed by atoms with E-state index in [1.165, 1.54) is 12.1 Å². The van der Waals surface area contributed by atoms with Gasteiger partial charge in [-0.25, -0.2) is 4.39 Å². The molecule has 0 saturated carbocycles. The molecule has 0 aliphatic carbocycles. The SMILES string of the molecule is CC1(c2nn(C(=O)c3c(Cl)cccc3C(F)(F)F)c3cccc(F)c23)CC(C(=O)O)CCN1. The van der Waals surface area contributed by atoms with Crippen LogP contribution in [0.4, 0.5) is 17.6 Å². The number of carbonyl (C=O) groups is 2. The van der Waals surface area contributed by atoms with Crippen molar-refractivity contribution in [2.75, 3.05) is 6.54 Å². The second-order valence-electron chi connectivity index (χ2n) is 8.15. The van der Waals surface area contributed by atoms with Crippen LogP contribution in [0, 0.1) is 11.7 Å². The van der Waals surface area contributed by atoms with Crippen molar-refractivity contribution in [3.63, 3.8) is 0 Å². The van der Waals surface area contributed by atoms with Gasteiger partial charge < -0.3 is 10.4 Å². The molecule has 4 rings (SSSR count). The predicted octanol–water partition coefficient (Wildman–Crippen LogP) is 4.84. The first kappa shape index (κ1) is 23.2. The van der Waals surface area contributed by atoms with Crippen molar-refractivity contribution in [2.45, 2.75) is 31.5 Å². The molecule has 1 aliphatic rings. The van der Waals surface area contributed by atoms with E-state index in [1.54, 1.807) is 6.92 Å². The zero-order chi connectivity index (χ0) is 24.1. The van der Waals surface area contributed by atoms with Gasteiger partial charge in [0.1, 0.15) is 5.82 Å². The van der Waals surface area contributed by atoms with E-state index in [9.17, 15) is 32.3 Å². The molecule has 11 heteroatoms.